The second-order valence-electron chi connectivity index (χ2n) is 7.63. The van der Waals surface area contributed by atoms with Gasteiger partial charge < -0.3 is 9.15 Å². The zero-order chi connectivity index (χ0) is 20.7. The molecule has 6 heteroatoms. The van der Waals surface area contributed by atoms with E-state index in [4.69, 9.17) is 9.15 Å². The summed E-state index contributed by atoms with van der Waals surface area (Å²) >= 11 is 0. The van der Waals surface area contributed by atoms with Crippen LogP contribution in [0, 0.1) is 0 Å². The number of esters is 1. The summed E-state index contributed by atoms with van der Waals surface area (Å²) < 4.78 is 12.7. The number of hydrogen-bond acceptors (Lipinski definition) is 5. The van der Waals surface area contributed by atoms with Crippen molar-refractivity contribution in [2.75, 3.05) is 0 Å². The lowest BCUT2D eigenvalue weighted by molar-refractivity contribution is 0.0243. The highest BCUT2D eigenvalue weighted by Gasteiger charge is 2.30. The average Bonchev–Trinajstić information content (AvgIpc) is 3.39. The summed E-state index contributed by atoms with van der Waals surface area (Å²) in [6, 6.07) is 13.1. The first kappa shape index (κ1) is 18.6. The SMILES string of the molecule is CCC(OC(=O)c1cccc2ocnc12)C(=O)n1c2c(c3ccccc31)CCCC2. The van der Waals surface area contributed by atoms with E-state index in [-0.39, 0.29) is 5.91 Å². The fourth-order valence-corrected chi connectivity index (χ4v) is 4.44. The van der Waals surface area contributed by atoms with Crippen LogP contribution in [0.5, 0.6) is 0 Å². The van der Waals surface area contributed by atoms with Crippen LogP contribution < -0.4 is 0 Å². The first-order valence-corrected chi connectivity index (χ1v) is 10.4. The minimum atomic E-state index is -0.874. The van der Waals surface area contributed by atoms with Crippen molar-refractivity contribution in [1.29, 1.82) is 0 Å². The van der Waals surface area contributed by atoms with Gasteiger partial charge in [-0.15, -0.1) is 0 Å². The van der Waals surface area contributed by atoms with Gasteiger partial charge in [-0.25, -0.2) is 9.78 Å². The van der Waals surface area contributed by atoms with Gasteiger partial charge in [0.2, 0.25) is 0 Å². The number of aromatic nitrogens is 2. The first-order chi connectivity index (χ1) is 14.7. The molecule has 5 rings (SSSR count). The summed E-state index contributed by atoms with van der Waals surface area (Å²) in [6.07, 6.45) is 4.83. The van der Waals surface area contributed by atoms with Crippen molar-refractivity contribution < 1.29 is 18.7 Å². The van der Waals surface area contributed by atoms with Gasteiger partial charge in [0.1, 0.15) is 5.52 Å². The first-order valence-electron chi connectivity index (χ1n) is 10.4. The molecule has 30 heavy (non-hydrogen) atoms. The number of carbonyl (C=O) groups excluding carboxylic acids is 2. The average molecular weight is 402 g/mol. The predicted octanol–water partition coefficient (Wildman–Crippen LogP) is 4.94. The van der Waals surface area contributed by atoms with E-state index in [0.29, 0.717) is 23.1 Å². The summed E-state index contributed by atoms with van der Waals surface area (Å²) in [4.78, 5) is 30.6. The van der Waals surface area contributed by atoms with Crippen LogP contribution in [0.2, 0.25) is 0 Å². The van der Waals surface area contributed by atoms with Crippen molar-refractivity contribution in [1.82, 2.24) is 9.55 Å². The summed E-state index contributed by atoms with van der Waals surface area (Å²) in [5.74, 6) is -0.766. The molecule has 0 aliphatic heterocycles. The number of hydrogen-bond donors (Lipinski definition) is 0. The number of fused-ring (bicyclic) bond motifs is 4. The van der Waals surface area contributed by atoms with E-state index in [1.807, 2.05) is 25.1 Å². The van der Waals surface area contributed by atoms with Crippen LogP contribution >= 0.6 is 0 Å². The number of carbonyl (C=O) groups is 2. The van der Waals surface area contributed by atoms with Crippen LogP contribution in [-0.4, -0.2) is 27.5 Å². The zero-order valence-corrected chi connectivity index (χ0v) is 16.8. The smallest absolute Gasteiger partial charge is 0.341 e. The molecule has 1 atom stereocenters. The summed E-state index contributed by atoms with van der Waals surface area (Å²) in [5.41, 5.74) is 4.44. The van der Waals surface area contributed by atoms with Gasteiger partial charge in [-0.1, -0.05) is 31.2 Å². The minimum absolute atomic E-state index is 0.197. The lowest BCUT2D eigenvalue weighted by Crippen LogP contribution is -2.32. The number of para-hydroxylation sites is 2. The van der Waals surface area contributed by atoms with E-state index in [9.17, 15) is 9.59 Å². The quantitative estimate of drug-likeness (QED) is 0.452. The van der Waals surface area contributed by atoms with Crippen LogP contribution in [0.4, 0.5) is 0 Å². The van der Waals surface area contributed by atoms with Crippen molar-refractivity contribution in [2.45, 2.75) is 45.1 Å². The fraction of sp³-hybridized carbons (Fsp3) is 0.292. The van der Waals surface area contributed by atoms with Crippen molar-refractivity contribution in [2.24, 2.45) is 0 Å². The third kappa shape index (κ3) is 2.91. The molecular weight excluding hydrogens is 380 g/mol. The molecule has 1 aliphatic rings. The summed E-state index contributed by atoms with van der Waals surface area (Å²) in [7, 11) is 0. The van der Waals surface area contributed by atoms with Crippen LogP contribution in [0.15, 0.2) is 53.3 Å². The molecule has 2 aromatic heterocycles. The van der Waals surface area contributed by atoms with Crippen LogP contribution in [-0.2, 0) is 17.6 Å². The molecule has 0 amide bonds. The summed E-state index contributed by atoms with van der Waals surface area (Å²) in [6.45, 7) is 1.85. The van der Waals surface area contributed by atoms with Gasteiger partial charge >= 0.3 is 5.97 Å². The Hall–Kier alpha value is -3.41. The van der Waals surface area contributed by atoms with Gasteiger partial charge in [0.25, 0.3) is 5.91 Å². The van der Waals surface area contributed by atoms with Crippen molar-refractivity contribution in [3.63, 3.8) is 0 Å². The molecule has 0 radical (unpaired) electrons. The van der Waals surface area contributed by atoms with Gasteiger partial charge in [-0.05, 0) is 55.9 Å². The Bertz CT molecular complexity index is 1270. The Kier molecular flexibility index (Phi) is 4.62. The van der Waals surface area contributed by atoms with Crippen LogP contribution in [0.3, 0.4) is 0 Å². The van der Waals surface area contributed by atoms with Crippen LogP contribution in [0.25, 0.3) is 22.0 Å². The lowest BCUT2D eigenvalue weighted by atomic mass is 9.95. The topological polar surface area (TPSA) is 74.3 Å². The second kappa shape index (κ2) is 7.44. The molecule has 0 bridgehead atoms. The highest BCUT2D eigenvalue weighted by Crippen LogP contribution is 2.32. The maximum absolute atomic E-state index is 13.6. The van der Waals surface area contributed by atoms with E-state index in [0.717, 1.165) is 42.3 Å². The maximum atomic E-state index is 13.6. The molecule has 6 nitrogen and oxygen atoms in total. The van der Waals surface area contributed by atoms with Gasteiger partial charge in [0, 0.05) is 11.1 Å². The maximum Gasteiger partial charge on any atom is 0.341 e. The van der Waals surface area contributed by atoms with Crippen molar-refractivity contribution in [3.8, 4) is 0 Å². The lowest BCUT2D eigenvalue weighted by Gasteiger charge is -2.20. The molecule has 4 aromatic rings. The van der Waals surface area contributed by atoms with Crippen molar-refractivity contribution >= 4 is 33.9 Å². The Morgan fingerprint density at radius 1 is 1.13 bits per heavy atom. The number of aryl methyl sites for hydroxylation is 1. The Morgan fingerprint density at radius 2 is 1.97 bits per heavy atom. The highest BCUT2D eigenvalue weighted by atomic mass is 16.5. The third-order valence-corrected chi connectivity index (χ3v) is 5.87. The number of oxazole rings is 1. The van der Waals surface area contributed by atoms with E-state index in [2.05, 4.69) is 11.1 Å². The molecule has 0 saturated carbocycles. The molecular formula is C24H22N2O4. The zero-order valence-electron chi connectivity index (χ0n) is 16.8. The van der Waals surface area contributed by atoms with Gasteiger partial charge in [-0.3, -0.25) is 9.36 Å². The van der Waals surface area contributed by atoms with E-state index < -0.39 is 12.1 Å². The van der Waals surface area contributed by atoms with Crippen LogP contribution in [0.1, 0.15) is 52.6 Å². The monoisotopic (exact) mass is 402 g/mol. The molecule has 1 aliphatic carbocycles. The highest BCUT2D eigenvalue weighted by molar-refractivity contribution is 6.03. The largest absolute Gasteiger partial charge is 0.449 e. The molecule has 1 unspecified atom stereocenters. The molecule has 0 spiro atoms. The van der Waals surface area contributed by atoms with Gasteiger partial charge in [0.15, 0.2) is 18.1 Å². The Labute approximate surface area is 173 Å². The second-order valence-corrected chi connectivity index (χ2v) is 7.63. The standard InChI is InChI=1S/C24H22N2O4/c1-2-20(30-24(28)17-10-7-13-21-22(17)25-14-29-21)23(27)26-18-11-5-3-8-15(18)16-9-4-6-12-19(16)26/h3,5,7-8,10-11,13-14,20H,2,4,6,9,12H2,1H3. The third-order valence-electron chi connectivity index (χ3n) is 5.87. The normalized spacial score (nSPS) is 14.6. The Morgan fingerprint density at radius 3 is 2.83 bits per heavy atom. The van der Waals surface area contributed by atoms with E-state index in [1.54, 1.807) is 22.8 Å². The number of nitrogens with zero attached hydrogens (tertiary/aromatic N) is 2. The fourth-order valence-electron chi connectivity index (χ4n) is 4.44. The molecule has 2 aromatic carbocycles. The number of ether oxygens (including phenoxy) is 1. The summed E-state index contributed by atoms with van der Waals surface area (Å²) in [5, 5.41) is 1.12. The molecule has 0 fully saturated rings. The van der Waals surface area contributed by atoms with E-state index in [1.165, 1.54) is 12.0 Å². The molecule has 0 N–H and O–H groups in total. The molecule has 2 heterocycles. The van der Waals surface area contributed by atoms with Crippen molar-refractivity contribution in [3.05, 3.63) is 65.7 Å². The number of benzene rings is 2. The van der Waals surface area contributed by atoms with E-state index >= 15 is 0 Å². The molecule has 0 saturated heterocycles. The Balaban J connectivity index is 1.51. The van der Waals surface area contributed by atoms with Gasteiger partial charge in [-0.2, -0.15) is 0 Å². The minimum Gasteiger partial charge on any atom is -0.449 e. The predicted molar refractivity (Wildman–Crippen MR) is 113 cm³/mol. The molecule has 152 valence electrons. The van der Waals surface area contributed by atoms with Gasteiger partial charge in [0.05, 0.1) is 11.1 Å². The number of rotatable bonds is 4.